The molecule has 15 heavy (non-hydrogen) atoms. The van der Waals surface area contributed by atoms with Crippen molar-refractivity contribution in [1.82, 2.24) is 4.98 Å². The average Bonchev–Trinajstić information content (AvgIpc) is 2.18. The molecule has 1 aromatic heterocycles. The molecule has 0 saturated heterocycles. The van der Waals surface area contributed by atoms with Crippen molar-refractivity contribution in [3.8, 4) is 0 Å². The summed E-state index contributed by atoms with van der Waals surface area (Å²) >= 11 is 3.25. The number of carbonyl (C=O) groups is 1. The molecule has 1 unspecified atom stereocenters. The first kappa shape index (κ1) is 12.1. The minimum absolute atomic E-state index is 0.354. The summed E-state index contributed by atoms with van der Waals surface area (Å²) in [5, 5.41) is 0. The molecule has 0 fully saturated rings. The van der Waals surface area contributed by atoms with Crippen LogP contribution in [0.5, 0.6) is 0 Å². The summed E-state index contributed by atoms with van der Waals surface area (Å²) < 4.78 is 5.55. The van der Waals surface area contributed by atoms with Crippen molar-refractivity contribution in [2.75, 3.05) is 6.61 Å². The highest BCUT2D eigenvalue weighted by Crippen LogP contribution is 2.09. The fraction of sp³-hybridized carbons (Fsp3) is 0.400. The Morgan fingerprint density at radius 2 is 2.47 bits per heavy atom. The first-order valence-corrected chi connectivity index (χ1v) is 5.45. The Balaban J connectivity index is 2.58. The van der Waals surface area contributed by atoms with E-state index in [1.807, 2.05) is 12.1 Å². The van der Waals surface area contributed by atoms with Gasteiger partial charge in [0.15, 0.2) is 0 Å². The third-order valence-corrected chi connectivity index (χ3v) is 2.27. The van der Waals surface area contributed by atoms with Crippen LogP contribution in [0.3, 0.4) is 0 Å². The van der Waals surface area contributed by atoms with Crippen molar-refractivity contribution >= 4 is 21.9 Å². The van der Waals surface area contributed by atoms with Crippen LogP contribution in [-0.2, 0) is 16.0 Å². The average molecular weight is 273 g/mol. The standard InChI is InChI=1S/C10H13BrN2O2/c1-2-15-10(14)8(12)5-7-3-4-13-9(11)6-7/h3-4,6,8H,2,5,12H2,1H3. The molecule has 0 saturated carbocycles. The lowest BCUT2D eigenvalue weighted by Gasteiger charge is -2.10. The number of nitrogens with two attached hydrogens (primary N) is 1. The maximum atomic E-state index is 11.3. The summed E-state index contributed by atoms with van der Waals surface area (Å²) in [6.45, 7) is 2.11. The van der Waals surface area contributed by atoms with Gasteiger partial charge in [0.25, 0.3) is 0 Å². The third-order valence-electron chi connectivity index (χ3n) is 1.84. The maximum Gasteiger partial charge on any atom is 0.323 e. The highest BCUT2D eigenvalue weighted by atomic mass is 79.9. The largest absolute Gasteiger partial charge is 0.465 e. The molecule has 0 spiro atoms. The predicted molar refractivity (Wildman–Crippen MR) is 60.2 cm³/mol. The normalized spacial score (nSPS) is 12.2. The van der Waals surface area contributed by atoms with Crippen molar-refractivity contribution in [2.24, 2.45) is 5.73 Å². The number of aromatic nitrogens is 1. The van der Waals surface area contributed by atoms with Gasteiger partial charge in [0.1, 0.15) is 10.6 Å². The Hall–Kier alpha value is -0.940. The monoisotopic (exact) mass is 272 g/mol. The minimum atomic E-state index is -0.612. The Labute approximate surface area is 97.0 Å². The number of hydrogen-bond acceptors (Lipinski definition) is 4. The van der Waals surface area contributed by atoms with Crippen LogP contribution >= 0.6 is 15.9 Å². The first-order valence-electron chi connectivity index (χ1n) is 4.66. The molecular formula is C10H13BrN2O2. The number of rotatable bonds is 4. The van der Waals surface area contributed by atoms with Gasteiger partial charge in [-0.05, 0) is 47.0 Å². The summed E-state index contributed by atoms with van der Waals surface area (Å²) in [6, 6.07) is 3.04. The van der Waals surface area contributed by atoms with Crippen LogP contribution < -0.4 is 5.73 Å². The topological polar surface area (TPSA) is 65.2 Å². The molecule has 1 aromatic rings. The van der Waals surface area contributed by atoms with Gasteiger partial charge in [-0.2, -0.15) is 0 Å². The van der Waals surface area contributed by atoms with Gasteiger partial charge in [0.2, 0.25) is 0 Å². The summed E-state index contributed by atoms with van der Waals surface area (Å²) in [5.41, 5.74) is 6.63. The molecule has 82 valence electrons. The van der Waals surface area contributed by atoms with Gasteiger partial charge in [-0.25, -0.2) is 4.98 Å². The van der Waals surface area contributed by atoms with E-state index in [0.29, 0.717) is 13.0 Å². The van der Waals surface area contributed by atoms with E-state index >= 15 is 0 Å². The number of hydrogen-bond donors (Lipinski definition) is 1. The lowest BCUT2D eigenvalue weighted by atomic mass is 10.1. The van der Waals surface area contributed by atoms with Gasteiger partial charge in [-0.15, -0.1) is 0 Å². The molecule has 0 bridgehead atoms. The highest BCUT2D eigenvalue weighted by Gasteiger charge is 2.14. The fourth-order valence-electron chi connectivity index (χ4n) is 1.16. The van der Waals surface area contributed by atoms with Crippen molar-refractivity contribution < 1.29 is 9.53 Å². The van der Waals surface area contributed by atoms with Gasteiger partial charge in [0.05, 0.1) is 6.61 Å². The fourth-order valence-corrected chi connectivity index (χ4v) is 1.57. The Morgan fingerprint density at radius 1 is 1.73 bits per heavy atom. The van der Waals surface area contributed by atoms with Crippen LogP contribution in [0.25, 0.3) is 0 Å². The van der Waals surface area contributed by atoms with E-state index in [0.717, 1.165) is 10.2 Å². The zero-order valence-corrected chi connectivity index (χ0v) is 10.0. The van der Waals surface area contributed by atoms with Gasteiger partial charge in [-0.3, -0.25) is 4.79 Å². The van der Waals surface area contributed by atoms with Crippen LogP contribution in [-0.4, -0.2) is 23.6 Å². The van der Waals surface area contributed by atoms with E-state index in [1.54, 1.807) is 13.1 Å². The molecule has 1 atom stereocenters. The Bertz CT molecular complexity index is 344. The molecule has 2 N–H and O–H groups in total. The van der Waals surface area contributed by atoms with Crippen molar-refractivity contribution in [1.29, 1.82) is 0 Å². The molecule has 0 amide bonds. The number of pyridine rings is 1. The number of carbonyl (C=O) groups excluding carboxylic acids is 1. The van der Waals surface area contributed by atoms with Crippen molar-refractivity contribution in [2.45, 2.75) is 19.4 Å². The van der Waals surface area contributed by atoms with Crippen LogP contribution in [0.15, 0.2) is 22.9 Å². The van der Waals surface area contributed by atoms with Gasteiger partial charge in [0, 0.05) is 6.20 Å². The SMILES string of the molecule is CCOC(=O)C(N)Cc1ccnc(Br)c1. The molecule has 0 aromatic carbocycles. The maximum absolute atomic E-state index is 11.3. The van der Waals surface area contributed by atoms with E-state index in [9.17, 15) is 4.79 Å². The van der Waals surface area contributed by atoms with Gasteiger partial charge >= 0.3 is 5.97 Å². The summed E-state index contributed by atoms with van der Waals surface area (Å²) in [5.74, 6) is -0.370. The second-order valence-corrected chi connectivity index (χ2v) is 3.86. The zero-order chi connectivity index (χ0) is 11.3. The van der Waals surface area contributed by atoms with Gasteiger partial charge < -0.3 is 10.5 Å². The Kier molecular flexibility index (Phi) is 4.71. The van der Waals surface area contributed by atoms with E-state index in [4.69, 9.17) is 10.5 Å². The second-order valence-electron chi connectivity index (χ2n) is 3.05. The van der Waals surface area contributed by atoms with Crippen LogP contribution in [0.2, 0.25) is 0 Å². The smallest absolute Gasteiger partial charge is 0.323 e. The molecular weight excluding hydrogens is 260 g/mol. The third kappa shape index (κ3) is 3.97. The van der Waals surface area contributed by atoms with E-state index in [1.165, 1.54) is 0 Å². The number of esters is 1. The molecule has 0 aliphatic heterocycles. The number of ether oxygens (including phenoxy) is 1. The zero-order valence-electron chi connectivity index (χ0n) is 8.44. The van der Waals surface area contributed by atoms with E-state index in [-0.39, 0.29) is 5.97 Å². The molecule has 1 rings (SSSR count). The molecule has 0 radical (unpaired) electrons. The van der Waals surface area contributed by atoms with Crippen molar-refractivity contribution in [3.63, 3.8) is 0 Å². The molecule has 4 nitrogen and oxygen atoms in total. The number of halogens is 1. The molecule has 5 heteroatoms. The lowest BCUT2D eigenvalue weighted by Crippen LogP contribution is -2.34. The molecule has 0 aliphatic rings. The molecule has 1 heterocycles. The van der Waals surface area contributed by atoms with Gasteiger partial charge in [-0.1, -0.05) is 0 Å². The lowest BCUT2D eigenvalue weighted by molar-refractivity contribution is -0.144. The van der Waals surface area contributed by atoms with Crippen LogP contribution in [0.1, 0.15) is 12.5 Å². The Morgan fingerprint density at radius 3 is 3.07 bits per heavy atom. The molecule has 0 aliphatic carbocycles. The van der Waals surface area contributed by atoms with Crippen molar-refractivity contribution in [3.05, 3.63) is 28.5 Å². The number of nitrogens with zero attached hydrogens (tertiary/aromatic N) is 1. The minimum Gasteiger partial charge on any atom is -0.465 e. The highest BCUT2D eigenvalue weighted by molar-refractivity contribution is 9.10. The van der Waals surface area contributed by atoms with Crippen LogP contribution in [0.4, 0.5) is 0 Å². The summed E-state index contributed by atoms with van der Waals surface area (Å²) in [7, 11) is 0. The van der Waals surface area contributed by atoms with E-state index < -0.39 is 6.04 Å². The summed E-state index contributed by atoms with van der Waals surface area (Å²) in [6.07, 6.45) is 2.12. The summed E-state index contributed by atoms with van der Waals surface area (Å²) in [4.78, 5) is 15.2. The second kappa shape index (κ2) is 5.82. The van der Waals surface area contributed by atoms with Crippen LogP contribution in [0, 0.1) is 0 Å². The predicted octanol–water partition coefficient (Wildman–Crippen LogP) is 1.28. The first-order chi connectivity index (χ1) is 7.13. The van der Waals surface area contributed by atoms with E-state index in [2.05, 4.69) is 20.9 Å². The quantitative estimate of drug-likeness (QED) is 0.663.